The van der Waals surface area contributed by atoms with E-state index in [1.54, 1.807) is 25.3 Å². The number of methoxy groups -OCH3 is 1. The van der Waals surface area contributed by atoms with E-state index in [4.69, 9.17) is 4.74 Å². The van der Waals surface area contributed by atoms with Crippen LogP contribution in [0.2, 0.25) is 0 Å². The van der Waals surface area contributed by atoms with E-state index >= 15 is 0 Å². The average Bonchev–Trinajstić information content (AvgIpc) is 2.78. The van der Waals surface area contributed by atoms with Gasteiger partial charge in [0.1, 0.15) is 11.5 Å². The molecule has 3 nitrogen and oxygen atoms in total. The van der Waals surface area contributed by atoms with E-state index < -0.39 is 0 Å². The largest absolute Gasteiger partial charge is 0.508 e. The van der Waals surface area contributed by atoms with Crippen molar-refractivity contribution in [1.29, 1.82) is 0 Å². The summed E-state index contributed by atoms with van der Waals surface area (Å²) < 4.78 is 6.24. The van der Waals surface area contributed by atoms with E-state index in [1.165, 1.54) is 0 Å². The molecule has 106 valence electrons. The van der Waals surface area contributed by atoms with Gasteiger partial charge in [-0.25, -0.2) is 0 Å². The highest BCUT2D eigenvalue weighted by Gasteiger charge is 2.27. The van der Waals surface area contributed by atoms with Crippen LogP contribution in [-0.4, -0.2) is 18.0 Å². The molecule has 21 heavy (non-hydrogen) atoms. The highest BCUT2D eigenvalue weighted by molar-refractivity contribution is 9.10. The predicted molar refractivity (Wildman–Crippen MR) is 84.8 cm³/mol. The number of benzene rings is 2. The Morgan fingerprint density at radius 1 is 1.29 bits per heavy atom. The van der Waals surface area contributed by atoms with Crippen LogP contribution in [0.3, 0.4) is 0 Å². The van der Waals surface area contributed by atoms with Gasteiger partial charge in [0.25, 0.3) is 0 Å². The Bertz CT molecular complexity index is 763. The fraction of sp³-hybridized carbons (Fsp3) is 0.118. The molecule has 0 fully saturated rings. The molecule has 0 radical (unpaired) electrons. The molecule has 0 saturated carbocycles. The van der Waals surface area contributed by atoms with Crippen molar-refractivity contribution in [2.24, 2.45) is 0 Å². The normalized spacial score (nSPS) is 15.3. The molecule has 1 N–H and O–H groups in total. The van der Waals surface area contributed by atoms with Gasteiger partial charge >= 0.3 is 0 Å². The zero-order valence-electron chi connectivity index (χ0n) is 11.4. The van der Waals surface area contributed by atoms with Crippen LogP contribution < -0.4 is 4.74 Å². The number of hydrogen-bond acceptors (Lipinski definition) is 3. The third-order valence-corrected chi connectivity index (χ3v) is 4.07. The molecule has 4 heteroatoms. The lowest BCUT2D eigenvalue weighted by Gasteiger charge is -2.06. The minimum Gasteiger partial charge on any atom is -0.508 e. The van der Waals surface area contributed by atoms with Crippen molar-refractivity contribution in [2.75, 3.05) is 7.11 Å². The van der Waals surface area contributed by atoms with Crippen LogP contribution in [0.25, 0.3) is 6.08 Å². The first-order chi connectivity index (χ1) is 10.1. The summed E-state index contributed by atoms with van der Waals surface area (Å²) in [5, 5.41) is 9.87. The molecule has 0 atom stereocenters. The second-order valence-corrected chi connectivity index (χ2v) is 5.78. The predicted octanol–water partition coefficient (Wildman–Crippen LogP) is 3.99. The molecule has 0 amide bonds. The van der Waals surface area contributed by atoms with Crippen LogP contribution in [-0.2, 0) is 6.42 Å². The summed E-state index contributed by atoms with van der Waals surface area (Å²) in [6.45, 7) is 0. The van der Waals surface area contributed by atoms with Gasteiger partial charge in [-0.2, -0.15) is 0 Å². The Hall–Kier alpha value is -2.07. The standard InChI is InChI=1S/C17H13BrO3/c1-21-16-6-5-12(18)8-10(16)7-11-9-14-13(17(11)20)3-2-4-15(14)19/h2-8,19H,9H2,1H3/b11-7+. The monoisotopic (exact) mass is 344 g/mol. The first-order valence-corrected chi connectivity index (χ1v) is 7.29. The molecular weight excluding hydrogens is 332 g/mol. The molecule has 0 saturated heterocycles. The Morgan fingerprint density at radius 2 is 2.10 bits per heavy atom. The number of fused-ring (bicyclic) bond motifs is 1. The third kappa shape index (κ3) is 2.47. The number of Topliss-reactive ketones (excluding diaryl/α,β-unsaturated/α-hetero) is 1. The van der Waals surface area contributed by atoms with Gasteiger partial charge in [0, 0.05) is 33.2 Å². The number of rotatable bonds is 2. The molecule has 2 aromatic carbocycles. The number of phenolic OH excluding ortho intramolecular Hbond substituents is 1. The van der Waals surface area contributed by atoms with Crippen molar-refractivity contribution in [3.8, 4) is 11.5 Å². The Morgan fingerprint density at radius 3 is 2.81 bits per heavy atom. The minimum absolute atomic E-state index is 0.0390. The summed E-state index contributed by atoms with van der Waals surface area (Å²) in [4.78, 5) is 12.4. The summed E-state index contributed by atoms with van der Waals surface area (Å²) in [6.07, 6.45) is 2.27. The van der Waals surface area contributed by atoms with E-state index in [9.17, 15) is 9.90 Å². The number of carbonyl (C=O) groups excluding carboxylic acids is 1. The van der Waals surface area contributed by atoms with E-state index in [-0.39, 0.29) is 11.5 Å². The number of allylic oxidation sites excluding steroid dienone is 1. The van der Waals surface area contributed by atoms with Gasteiger partial charge in [0.15, 0.2) is 5.78 Å². The number of hydrogen-bond donors (Lipinski definition) is 1. The molecule has 0 spiro atoms. The van der Waals surface area contributed by atoms with Gasteiger partial charge in [-0.15, -0.1) is 0 Å². The van der Waals surface area contributed by atoms with Crippen LogP contribution in [0.4, 0.5) is 0 Å². The lowest BCUT2D eigenvalue weighted by atomic mass is 10.1. The van der Waals surface area contributed by atoms with Gasteiger partial charge in [-0.05, 0) is 30.3 Å². The lowest BCUT2D eigenvalue weighted by Crippen LogP contribution is -1.96. The van der Waals surface area contributed by atoms with Gasteiger partial charge in [-0.1, -0.05) is 28.1 Å². The molecule has 3 rings (SSSR count). The first kappa shape index (κ1) is 13.9. The summed E-state index contributed by atoms with van der Waals surface area (Å²) in [5.74, 6) is 0.840. The molecule has 0 heterocycles. The minimum atomic E-state index is -0.0390. The number of carbonyl (C=O) groups is 1. The number of aromatic hydroxyl groups is 1. The zero-order valence-corrected chi connectivity index (χ0v) is 13.0. The van der Waals surface area contributed by atoms with Gasteiger partial charge in [0.2, 0.25) is 0 Å². The molecule has 0 aromatic heterocycles. The number of ether oxygens (including phenoxy) is 1. The van der Waals surface area contributed by atoms with Crippen LogP contribution in [0, 0.1) is 0 Å². The fourth-order valence-corrected chi connectivity index (χ4v) is 2.92. The third-order valence-electron chi connectivity index (χ3n) is 3.58. The smallest absolute Gasteiger partial charge is 0.189 e. The molecule has 0 aliphatic heterocycles. The molecule has 1 aliphatic rings. The van der Waals surface area contributed by atoms with E-state index in [0.717, 1.165) is 10.0 Å². The first-order valence-electron chi connectivity index (χ1n) is 6.50. The summed E-state index contributed by atoms with van der Waals surface area (Å²) in [7, 11) is 1.60. The van der Waals surface area contributed by atoms with Crippen LogP contribution in [0.1, 0.15) is 21.5 Å². The van der Waals surface area contributed by atoms with Crippen molar-refractivity contribution >= 4 is 27.8 Å². The van der Waals surface area contributed by atoms with Crippen molar-refractivity contribution in [2.45, 2.75) is 6.42 Å². The molecular formula is C17H13BrO3. The fourth-order valence-electron chi connectivity index (χ4n) is 2.54. The van der Waals surface area contributed by atoms with E-state index in [1.807, 2.05) is 24.3 Å². The number of ketones is 1. The second-order valence-electron chi connectivity index (χ2n) is 4.87. The van der Waals surface area contributed by atoms with E-state index in [2.05, 4.69) is 15.9 Å². The van der Waals surface area contributed by atoms with Gasteiger partial charge in [-0.3, -0.25) is 4.79 Å². The quantitative estimate of drug-likeness (QED) is 0.838. The average molecular weight is 345 g/mol. The van der Waals surface area contributed by atoms with E-state index in [0.29, 0.717) is 28.9 Å². The topological polar surface area (TPSA) is 46.5 Å². The molecule has 1 aliphatic carbocycles. The maximum Gasteiger partial charge on any atom is 0.189 e. The van der Waals surface area contributed by atoms with Crippen LogP contribution in [0.15, 0.2) is 46.4 Å². The van der Waals surface area contributed by atoms with Crippen molar-refractivity contribution in [3.63, 3.8) is 0 Å². The molecule has 2 aromatic rings. The second kappa shape index (κ2) is 5.37. The highest BCUT2D eigenvalue weighted by Crippen LogP contribution is 2.35. The van der Waals surface area contributed by atoms with Crippen molar-refractivity contribution in [1.82, 2.24) is 0 Å². The highest BCUT2D eigenvalue weighted by atomic mass is 79.9. The summed E-state index contributed by atoms with van der Waals surface area (Å²) >= 11 is 3.42. The SMILES string of the molecule is COc1ccc(Br)cc1/C=C1\Cc2c(O)cccc2C1=O. The van der Waals surface area contributed by atoms with Crippen molar-refractivity contribution < 1.29 is 14.6 Å². The number of phenols is 1. The number of halogens is 1. The maximum atomic E-state index is 12.4. The molecule has 0 unspecified atom stereocenters. The maximum absolute atomic E-state index is 12.4. The summed E-state index contributed by atoms with van der Waals surface area (Å²) in [6, 6.07) is 10.7. The Balaban J connectivity index is 2.06. The van der Waals surface area contributed by atoms with Crippen molar-refractivity contribution in [3.05, 3.63) is 63.1 Å². The van der Waals surface area contributed by atoms with Crippen LogP contribution >= 0.6 is 15.9 Å². The lowest BCUT2D eigenvalue weighted by molar-refractivity contribution is 0.104. The van der Waals surface area contributed by atoms with Gasteiger partial charge in [0.05, 0.1) is 7.11 Å². The Kier molecular flexibility index (Phi) is 3.55. The zero-order chi connectivity index (χ0) is 15.0. The van der Waals surface area contributed by atoms with Gasteiger partial charge < -0.3 is 9.84 Å². The summed E-state index contributed by atoms with van der Waals surface area (Å²) in [5.41, 5.74) is 2.77. The van der Waals surface area contributed by atoms with Crippen LogP contribution in [0.5, 0.6) is 11.5 Å². The molecule has 0 bridgehead atoms. The Labute approximate surface area is 131 Å².